The van der Waals surface area contributed by atoms with Gasteiger partial charge in [0.25, 0.3) is 0 Å². The maximum absolute atomic E-state index is 12.3. The van der Waals surface area contributed by atoms with Gasteiger partial charge >= 0.3 is 0 Å². The van der Waals surface area contributed by atoms with Gasteiger partial charge in [-0.05, 0) is 30.9 Å². The van der Waals surface area contributed by atoms with Crippen LogP contribution in [0.2, 0.25) is 10.0 Å². The molecule has 0 saturated heterocycles. The molecule has 0 unspecified atom stereocenters. The van der Waals surface area contributed by atoms with E-state index in [2.05, 4.69) is 15.4 Å². The van der Waals surface area contributed by atoms with Crippen LogP contribution in [-0.4, -0.2) is 26.7 Å². The van der Waals surface area contributed by atoms with Gasteiger partial charge in [-0.2, -0.15) is 5.10 Å². The number of nitrogens with zero attached hydrogens (tertiary/aromatic N) is 3. The first-order valence-corrected chi connectivity index (χ1v) is 7.88. The molecule has 1 aromatic heterocycles. The summed E-state index contributed by atoms with van der Waals surface area (Å²) in [5, 5.41) is 8.13. The van der Waals surface area contributed by atoms with Crippen molar-refractivity contribution in [2.24, 2.45) is 5.92 Å². The largest absolute Gasteiger partial charge is 0.352 e. The van der Waals surface area contributed by atoms with E-state index in [0.717, 1.165) is 12.0 Å². The molecule has 22 heavy (non-hydrogen) atoms. The summed E-state index contributed by atoms with van der Waals surface area (Å²) in [6.45, 7) is 2.55. The maximum atomic E-state index is 12.3. The molecule has 0 bridgehead atoms. The SMILES string of the molecule is C[C@H](Cn1cncn1)NC(=O)[C@@H]1C[C@@H]1c1cccc(Cl)c1Cl. The van der Waals surface area contributed by atoms with Gasteiger partial charge in [-0.3, -0.25) is 9.48 Å². The van der Waals surface area contributed by atoms with Crippen molar-refractivity contribution in [2.75, 3.05) is 0 Å². The molecule has 1 aromatic carbocycles. The number of aromatic nitrogens is 3. The summed E-state index contributed by atoms with van der Waals surface area (Å²) in [5.74, 6) is 0.174. The molecule has 0 radical (unpaired) electrons. The molecule has 1 saturated carbocycles. The number of nitrogens with one attached hydrogen (secondary N) is 1. The summed E-state index contributed by atoms with van der Waals surface area (Å²) in [6, 6.07) is 5.55. The molecule has 3 rings (SSSR count). The molecule has 7 heteroatoms. The molecule has 1 N–H and O–H groups in total. The van der Waals surface area contributed by atoms with Crippen molar-refractivity contribution >= 4 is 29.1 Å². The molecular formula is C15H16Cl2N4O. The van der Waals surface area contributed by atoms with Gasteiger partial charge in [-0.15, -0.1) is 0 Å². The number of hydrogen-bond acceptors (Lipinski definition) is 3. The Hall–Kier alpha value is -1.59. The van der Waals surface area contributed by atoms with Crippen molar-refractivity contribution in [1.29, 1.82) is 0 Å². The Balaban J connectivity index is 1.57. The molecule has 2 aromatic rings. The van der Waals surface area contributed by atoms with Crippen molar-refractivity contribution in [3.05, 3.63) is 46.5 Å². The van der Waals surface area contributed by atoms with Gasteiger partial charge in [0.15, 0.2) is 0 Å². The van der Waals surface area contributed by atoms with E-state index in [1.807, 2.05) is 19.1 Å². The zero-order valence-electron chi connectivity index (χ0n) is 12.0. The highest BCUT2D eigenvalue weighted by Gasteiger charge is 2.45. The number of carbonyl (C=O) groups excluding carboxylic acids is 1. The molecular weight excluding hydrogens is 323 g/mol. The van der Waals surface area contributed by atoms with Gasteiger partial charge in [0.2, 0.25) is 5.91 Å². The minimum Gasteiger partial charge on any atom is -0.352 e. The molecule has 5 nitrogen and oxygen atoms in total. The molecule has 0 aliphatic heterocycles. The first-order chi connectivity index (χ1) is 10.6. The van der Waals surface area contributed by atoms with Crippen LogP contribution in [0.1, 0.15) is 24.8 Å². The predicted octanol–water partition coefficient (Wildman–Crippen LogP) is 2.89. The second-order valence-corrected chi connectivity index (χ2v) is 6.40. The third-order valence-electron chi connectivity index (χ3n) is 3.82. The molecule has 1 aliphatic rings. The van der Waals surface area contributed by atoms with Gasteiger partial charge in [0.1, 0.15) is 12.7 Å². The van der Waals surface area contributed by atoms with Crippen molar-refractivity contribution < 1.29 is 4.79 Å². The predicted molar refractivity (Wildman–Crippen MR) is 84.9 cm³/mol. The zero-order chi connectivity index (χ0) is 15.7. The normalized spacial score (nSPS) is 21.4. The van der Waals surface area contributed by atoms with Crippen LogP contribution in [0.3, 0.4) is 0 Å². The van der Waals surface area contributed by atoms with E-state index in [-0.39, 0.29) is 23.8 Å². The van der Waals surface area contributed by atoms with E-state index in [9.17, 15) is 4.79 Å². The molecule has 3 atom stereocenters. The fraction of sp³-hybridized carbons (Fsp3) is 0.400. The minimum atomic E-state index is -0.0332. The average molecular weight is 339 g/mol. The minimum absolute atomic E-state index is 0.00900. The first-order valence-electron chi connectivity index (χ1n) is 7.13. The Morgan fingerprint density at radius 3 is 3.05 bits per heavy atom. The summed E-state index contributed by atoms with van der Waals surface area (Å²) >= 11 is 12.2. The smallest absolute Gasteiger partial charge is 0.224 e. The third-order valence-corrected chi connectivity index (χ3v) is 4.66. The lowest BCUT2D eigenvalue weighted by atomic mass is 10.1. The van der Waals surface area contributed by atoms with E-state index >= 15 is 0 Å². The number of benzene rings is 1. The van der Waals surface area contributed by atoms with Gasteiger partial charge in [-0.25, -0.2) is 4.98 Å². The number of carbonyl (C=O) groups is 1. The van der Waals surface area contributed by atoms with Crippen molar-refractivity contribution in [3.63, 3.8) is 0 Å². The highest BCUT2D eigenvalue weighted by Crippen LogP contribution is 2.50. The van der Waals surface area contributed by atoms with E-state index in [1.54, 1.807) is 17.1 Å². The fourth-order valence-electron chi connectivity index (χ4n) is 2.64. The summed E-state index contributed by atoms with van der Waals surface area (Å²) in [5.41, 5.74) is 0.957. The lowest BCUT2D eigenvalue weighted by Gasteiger charge is -2.13. The lowest BCUT2D eigenvalue weighted by Crippen LogP contribution is -2.37. The fourth-order valence-corrected chi connectivity index (χ4v) is 3.09. The van der Waals surface area contributed by atoms with E-state index in [1.165, 1.54) is 6.33 Å². The number of amides is 1. The Kier molecular flexibility index (Phi) is 4.36. The second-order valence-electron chi connectivity index (χ2n) is 5.62. The van der Waals surface area contributed by atoms with Gasteiger partial charge < -0.3 is 5.32 Å². The van der Waals surface area contributed by atoms with Crippen LogP contribution in [0.15, 0.2) is 30.9 Å². The molecule has 116 valence electrons. The van der Waals surface area contributed by atoms with Crippen LogP contribution in [0, 0.1) is 5.92 Å². The Morgan fingerprint density at radius 1 is 1.50 bits per heavy atom. The van der Waals surface area contributed by atoms with Crippen molar-refractivity contribution in [2.45, 2.75) is 31.8 Å². The average Bonchev–Trinajstić information content (AvgIpc) is 3.11. The Labute approximate surface area is 138 Å². The van der Waals surface area contributed by atoms with E-state index < -0.39 is 0 Å². The third kappa shape index (κ3) is 3.25. The topological polar surface area (TPSA) is 59.8 Å². The van der Waals surface area contributed by atoms with Gasteiger partial charge in [0, 0.05) is 12.0 Å². The molecule has 0 spiro atoms. The standard InChI is InChI=1S/C15H16Cl2N4O/c1-9(6-21-8-18-7-19-21)20-15(22)12-5-11(12)10-3-2-4-13(16)14(10)17/h2-4,7-9,11-12H,5-6H2,1H3,(H,20,22)/t9-,11-,12-/m1/s1. The van der Waals surface area contributed by atoms with Crippen LogP contribution >= 0.6 is 23.2 Å². The molecule has 1 aliphatic carbocycles. The van der Waals surface area contributed by atoms with Gasteiger partial charge in [0.05, 0.1) is 16.6 Å². The molecule has 1 amide bonds. The highest BCUT2D eigenvalue weighted by molar-refractivity contribution is 6.42. The number of hydrogen-bond donors (Lipinski definition) is 1. The van der Waals surface area contributed by atoms with E-state index in [4.69, 9.17) is 23.2 Å². The van der Waals surface area contributed by atoms with Crippen LogP contribution < -0.4 is 5.32 Å². The summed E-state index contributed by atoms with van der Waals surface area (Å²) in [6.07, 6.45) is 3.92. The summed E-state index contributed by atoms with van der Waals surface area (Å²) in [4.78, 5) is 16.2. The maximum Gasteiger partial charge on any atom is 0.224 e. The van der Waals surface area contributed by atoms with Crippen LogP contribution in [0.25, 0.3) is 0 Å². The number of halogens is 2. The van der Waals surface area contributed by atoms with Crippen molar-refractivity contribution in [3.8, 4) is 0 Å². The first kappa shape index (κ1) is 15.3. The van der Waals surface area contributed by atoms with Gasteiger partial charge in [-0.1, -0.05) is 35.3 Å². The Morgan fingerprint density at radius 2 is 2.32 bits per heavy atom. The highest BCUT2D eigenvalue weighted by atomic mass is 35.5. The van der Waals surface area contributed by atoms with Crippen molar-refractivity contribution in [1.82, 2.24) is 20.1 Å². The van der Waals surface area contributed by atoms with Crippen LogP contribution in [-0.2, 0) is 11.3 Å². The Bertz CT molecular complexity index is 674. The molecule has 1 fully saturated rings. The lowest BCUT2D eigenvalue weighted by molar-refractivity contribution is -0.123. The quantitative estimate of drug-likeness (QED) is 0.911. The second kappa shape index (κ2) is 6.26. The summed E-state index contributed by atoms with van der Waals surface area (Å²) < 4.78 is 1.70. The summed E-state index contributed by atoms with van der Waals surface area (Å²) in [7, 11) is 0. The molecule has 1 heterocycles. The van der Waals surface area contributed by atoms with Crippen LogP contribution in [0.4, 0.5) is 0 Å². The number of rotatable bonds is 5. The van der Waals surface area contributed by atoms with E-state index in [0.29, 0.717) is 16.6 Å². The van der Waals surface area contributed by atoms with Crippen LogP contribution in [0.5, 0.6) is 0 Å². The zero-order valence-corrected chi connectivity index (χ0v) is 13.6. The monoisotopic (exact) mass is 338 g/mol.